The molecule has 2 nitrogen and oxygen atoms in total. The quantitative estimate of drug-likeness (QED) is 0.777. The summed E-state index contributed by atoms with van der Waals surface area (Å²) in [5, 5.41) is 3.67. The van der Waals surface area contributed by atoms with E-state index in [2.05, 4.69) is 23.5 Å². The van der Waals surface area contributed by atoms with Crippen molar-refractivity contribution in [3.63, 3.8) is 0 Å². The maximum atomic E-state index is 5.32. The van der Waals surface area contributed by atoms with Crippen LogP contribution in [-0.4, -0.2) is 13.2 Å². The van der Waals surface area contributed by atoms with Crippen molar-refractivity contribution in [1.29, 1.82) is 0 Å². The van der Waals surface area contributed by atoms with Crippen LogP contribution < -0.4 is 10.1 Å². The third-order valence-corrected chi connectivity index (χ3v) is 4.02. The zero-order valence-corrected chi connectivity index (χ0v) is 9.83. The Kier molecular flexibility index (Phi) is 2.50. The zero-order chi connectivity index (χ0) is 11.0. The van der Waals surface area contributed by atoms with Gasteiger partial charge >= 0.3 is 0 Å². The number of rotatable bonds is 1. The molecule has 1 saturated carbocycles. The van der Waals surface area contributed by atoms with Gasteiger partial charge in [-0.05, 0) is 36.6 Å². The molecular formula is C14H19NO. The Morgan fingerprint density at radius 2 is 2.06 bits per heavy atom. The molecule has 2 unspecified atom stereocenters. The first kappa shape index (κ1) is 10.0. The van der Waals surface area contributed by atoms with Crippen LogP contribution in [0.3, 0.4) is 0 Å². The molecule has 1 heterocycles. The Morgan fingerprint density at radius 3 is 2.94 bits per heavy atom. The van der Waals surface area contributed by atoms with Gasteiger partial charge < -0.3 is 10.1 Å². The van der Waals surface area contributed by atoms with Gasteiger partial charge in [-0.2, -0.15) is 0 Å². The van der Waals surface area contributed by atoms with Gasteiger partial charge in [0.2, 0.25) is 0 Å². The third-order valence-electron chi connectivity index (χ3n) is 4.02. The number of methoxy groups -OCH3 is 1. The normalized spacial score (nSPS) is 27.6. The highest BCUT2D eigenvalue weighted by atomic mass is 16.5. The molecule has 0 saturated heterocycles. The molecule has 2 aliphatic rings. The highest BCUT2D eigenvalue weighted by Gasteiger charge is 2.32. The first-order valence-electron chi connectivity index (χ1n) is 6.33. The lowest BCUT2D eigenvalue weighted by atomic mass is 9.91. The van der Waals surface area contributed by atoms with Crippen molar-refractivity contribution in [3.05, 3.63) is 23.8 Å². The van der Waals surface area contributed by atoms with Gasteiger partial charge in [0.05, 0.1) is 7.11 Å². The first-order chi connectivity index (χ1) is 7.88. The minimum Gasteiger partial charge on any atom is -0.497 e. The Balaban J connectivity index is 1.95. The summed E-state index contributed by atoms with van der Waals surface area (Å²) < 4.78 is 5.32. The Labute approximate surface area is 97.0 Å². The van der Waals surface area contributed by atoms with E-state index < -0.39 is 0 Å². The number of anilines is 1. The van der Waals surface area contributed by atoms with E-state index in [0.29, 0.717) is 12.0 Å². The van der Waals surface area contributed by atoms with Crippen LogP contribution in [0.5, 0.6) is 5.75 Å². The molecular weight excluding hydrogens is 198 g/mol. The van der Waals surface area contributed by atoms with Crippen molar-refractivity contribution in [1.82, 2.24) is 0 Å². The fourth-order valence-corrected chi connectivity index (χ4v) is 3.16. The molecule has 1 fully saturated rings. The minimum atomic E-state index is 0.671. The molecule has 0 amide bonds. The van der Waals surface area contributed by atoms with Gasteiger partial charge in [0.25, 0.3) is 0 Å². The summed E-state index contributed by atoms with van der Waals surface area (Å²) in [4.78, 5) is 0. The van der Waals surface area contributed by atoms with E-state index in [4.69, 9.17) is 4.74 Å². The molecule has 3 rings (SSSR count). The van der Waals surface area contributed by atoms with Gasteiger partial charge in [0.1, 0.15) is 5.75 Å². The molecule has 1 aliphatic carbocycles. The van der Waals surface area contributed by atoms with Gasteiger partial charge in [0.15, 0.2) is 0 Å². The second kappa shape index (κ2) is 4.00. The smallest absolute Gasteiger partial charge is 0.119 e. The van der Waals surface area contributed by atoms with E-state index >= 15 is 0 Å². The standard InChI is InChI=1S/C14H19NO/c1-16-10-7-8-14-12(9-10)11-5-3-2-4-6-13(11)15-14/h7-9,11,13,15H,2-6H2,1H3. The summed E-state index contributed by atoms with van der Waals surface area (Å²) in [6, 6.07) is 7.11. The monoisotopic (exact) mass is 217 g/mol. The molecule has 2 heteroatoms. The summed E-state index contributed by atoms with van der Waals surface area (Å²) in [5.41, 5.74) is 2.81. The number of ether oxygens (including phenoxy) is 1. The molecule has 86 valence electrons. The van der Waals surface area contributed by atoms with Crippen LogP contribution in [-0.2, 0) is 0 Å². The number of hydrogen-bond acceptors (Lipinski definition) is 2. The maximum Gasteiger partial charge on any atom is 0.119 e. The van der Waals surface area contributed by atoms with Crippen molar-refractivity contribution < 1.29 is 4.74 Å². The van der Waals surface area contributed by atoms with E-state index in [-0.39, 0.29) is 0 Å². The van der Waals surface area contributed by atoms with Gasteiger partial charge in [-0.25, -0.2) is 0 Å². The summed E-state index contributed by atoms with van der Waals surface area (Å²) in [6.45, 7) is 0. The summed E-state index contributed by atoms with van der Waals surface area (Å²) in [5.74, 6) is 1.71. The van der Waals surface area contributed by atoms with Crippen LogP contribution in [0.25, 0.3) is 0 Å². The topological polar surface area (TPSA) is 21.3 Å². The Hall–Kier alpha value is -1.18. The second-order valence-electron chi connectivity index (χ2n) is 4.95. The number of fused-ring (bicyclic) bond motifs is 3. The molecule has 0 radical (unpaired) electrons. The molecule has 0 spiro atoms. The van der Waals surface area contributed by atoms with Crippen molar-refractivity contribution in [3.8, 4) is 5.75 Å². The average Bonchev–Trinajstić information content (AvgIpc) is 2.50. The molecule has 0 aromatic heterocycles. The van der Waals surface area contributed by atoms with E-state index in [1.807, 2.05) is 0 Å². The summed E-state index contributed by atoms with van der Waals surface area (Å²) in [7, 11) is 1.74. The molecule has 0 bridgehead atoms. The van der Waals surface area contributed by atoms with E-state index in [1.54, 1.807) is 7.11 Å². The van der Waals surface area contributed by atoms with Gasteiger partial charge in [-0.1, -0.05) is 19.3 Å². The van der Waals surface area contributed by atoms with Crippen LogP contribution in [0.2, 0.25) is 0 Å². The largest absolute Gasteiger partial charge is 0.497 e. The van der Waals surface area contributed by atoms with Crippen LogP contribution in [0, 0.1) is 0 Å². The highest BCUT2D eigenvalue weighted by Crippen LogP contribution is 2.43. The zero-order valence-electron chi connectivity index (χ0n) is 9.83. The third kappa shape index (κ3) is 1.57. The van der Waals surface area contributed by atoms with Crippen molar-refractivity contribution in [2.24, 2.45) is 0 Å². The van der Waals surface area contributed by atoms with Crippen molar-refractivity contribution >= 4 is 5.69 Å². The fourth-order valence-electron chi connectivity index (χ4n) is 3.16. The predicted molar refractivity (Wildman–Crippen MR) is 66.2 cm³/mol. The molecule has 1 aromatic rings. The lowest BCUT2D eigenvalue weighted by molar-refractivity contribution is 0.413. The lowest BCUT2D eigenvalue weighted by Gasteiger charge is -2.16. The number of benzene rings is 1. The van der Waals surface area contributed by atoms with Gasteiger partial charge in [-0.15, -0.1) is 0 Å². The van der Waals surface area contributed by atoms with Crippen LogP contribution in [0.15, 0.2) is 18.2 Å². The summed E-state index contributed by atoms with van der Waals surface area (Å²) >= 11 is 0. The molecule has 1 N–H and O–H groups in total. The second-order valence-corrected chi connectivity index (χ2v) is 4.95. The Morgan fingerprint density at radius 1 is 1.19 bits per heavy atom. The molecule has 1 aliphatic heterocycles. The Bertz CT molecular complexity index is 388. The van der Waals surface area contributed by atoms with E-state index in [1.165, 1.54) is 43.4 Å². The van der Waals surface area contributed by atoms with Crippen molar-refractivity contribution in [2.45, 2.75) is 44.1 Å². The molecule has 1 aromatic carbocycles. The minimum absolute atomic E-state index is 0.671. The first-order valence-corrected chi connectivity index (χ1v) is 6.33. The summed E-state index contributed by atoms with van der Waals surface area (Å²) in [6.07, 6.45) is 6.80. The number of nitrogens with one attached hydrogen (secondary N) is 1. The predicted octanol–water partition coefficient (Wildman–Crippen LogP) is 3.54. The maximum absolute atomic E-state index is 5.32. The number of hydrogen-bond donors (Lipinski definition) is 1. The van der Waals surface area contributed by atoms with Gasteiger partial charge in [0, 0.05) is 17.6 Å². The SMILES string of the molecule is COc1ccc2c(c1)C1CCCCCC1N2. The molecule has 16 heavy (non-hydrogen) atoms. The average molecular weight is 217 g/mol. The fraction of sp³-hybridized carbons (Fsp3) is 0.571. The van der Waals surface area contributed by atoms with Gasteiger partial charge in [-0.3, -0.25) is 0 Å². The van der Waals surface area contributed by atoms with Crippen molar-refractivity contribution in [2.75, 3.05) is 12.4 Å². The lowest BCUT2D eigenvalue weighted by Crippen LogP contribution is -2.18. The van der Waals surface area contributed by atoms with Crippen LogP contribution in [0.1, 0.15) is 43.6 Å². The highest BCUT2D eigenvalue weighted by molar-refractivity contribution is 5.61. The van der Waals surface area contributed by atoms with E-state index in [9.17, 15) is 0 Å². The van der Waals surface area contributed by atoms with Crippen LogP contribution in [0.4, 0.5) is 5.69 Å². The molecule has 2 atom stereocenters. The van der Waals surface area contributed by atoms with Crippen LogP contribution >= 0.6 is 0 Å². The van der Waals surface area contributed by atoms with E-state index in [0.717, 1.165) is 5.75 Å².